The molecular formula is C16H20N2O2. The first kappa shape index (κ1) is 13.2. The van der Waals surface area contributed by atoms with Gasteiger partial charge in [0.2, 0.25) is 0 Å². The van der Waals surface area contributed by atoms with Gasteiger partial charge in [0.15, 0.2) is 0 Å². The Labute approximate surface area is 119 Å². The minimum absolute atomic E-state index is 0.301. The number of aryl methyl sites for hydroxylation is 2. The Bertz CT molecular complexity index is 592. The lowest BCUT2D eigenvalue weighted by molar-refractivity contribution is 0.180. The third kappa shape index (κ3) is 2.56. The van der Waals surface area contributed by atoms with Gasteiger partial charge >= 0.3 is 0 Å². The van der Waals surface area contributed by atoms with Crippen LogP contribution < -0.4 is 4.74 Å². The number of imidazole rings is 1. The molecule has 0 aliphatic heterocycles. The Hall–Kier alpha value is -1.81. The maximum absolute atomic E-state index is 9.80. The summed E-state index contributed by atoms with van der Waals surface area (Å²) in [7, 11) is 0. The first-order chi connectivity index (χ1) is 9.78. The molecule has 0 bridgehead atoms. The van der Waals surface area contributed by atoms with Gasteiger partial charge in [-0.3, -0.25) is 0 Å². The summed E-state index contributed by atoms with van der Waals surface area (Å²) in [6, 6.07) is 5.96. The molecule has 20 heavy (non-hydrogen) atoms. The topological polar surface area (TPSA) is 47.3 Å². The molecule has 1 aliphatic carbocycles. The zero-order chi connectivity index (χ0) is 13.9. The predicted molar refractivity (Wildman–Crippen MR) is 76.6 cm³/mol. The highest BCUT2D eigenvalue weighted by molar-refractivity contribution is 5.39. The third-order valence-corrected chi connectivity index (χ3v) is 3.81. The highest BCUT2D eigenvalue weighted by Crippen LogP contribution is 2.33. The van der Waals surface area contributed by atoms with Crippen LogP contribution in [0.4, 0.5) is 0 Å². The molecule has 0 amide bonds. The van der Waals surface area contributed by atoms with Gasteiger partial charge in [-0.25, -0.2) is 4.98 Å². The van der Waals surface area contributed by atoms with Crippen LogP contribution in [0.3, 0.4) is 0 Å². The number of rotatable bonds is 5. The number of nitrogens with zero attached hydrogens (tertiary/aromatic N) is 2. The van der Waals surface area contributed by atoms with Crippen LogP contribution in [0.2, 0.25) is 0 Å². The summed E-state index contributed by atoms with van der Waals surface area (Å²) < 4.78 is 7.98. The van der Waals surface area contributed by atoms with Crippen molar-refractivity contribution < 1.29 is 9.84 Å². The van der Waals surface area contributed by atoms with Crippen molar-refractivity contribution in [1.82, 2.24) is 9.55 Å². The van der Waals surface area contributed by atoms with Gasteiger partial charge in [0.05, 0.1) is 24.3 Å². The highest BCUT2D eigenvalue weighted by atomic mass is 16.5. The van der Waals surface area contributed by atoms with Crippen LogP contribution in [0.25, 0.3) is 0 Å². The lowest BCUT2D eigenvalue weighted by Crippen LogP contribution is -2.05. The van der Waals surface area contributed by atoms with Gasteiger partial charge in [0, 0.05) is 6.54 Å². The Morgan fingerprint density at radius 2 is 2.35 bits per heavy atom. The fraction of sp³-hybridized carbons (Fsp3) is 0.438. The smallest absolute Gasteiger partial charge is 0.130 e. The van der Waals surface area contributed by atoms with Crippen LogP contribution in [-0.2, 0) is 19.6 Å². The summed E-state index contributed by atoms with van der Waals surface area (Å²) >= 11 is 0. The van der Waals surface area contributed by atoms with E-state index in [1.54, 1.807) is 0 Å². The molecule has 4 nitrogen and oxygen atoms in total. The largest absolute Gasteiger partial charge is 0.487 e. The van der Waals surface area contributed by atoms with Crippen molar-refractivity contribution in [1.29, 1.82) is 0 Å². The minimum atomic E-state index is -0.301. The Morgan fingerprint density at radius 3 is 3.20 bits per heavy atom. The molecule has 0 radical (unpaired) electrons. The quantitative estimate of drug-likeness (QED) is 0.910. The van der Waals surface area contributed by atoms with Gasteiger partial charge in [0.25, 0.3) is 0 Å². The number of ether oxygens (including phenoxy) is 1. The van der Waals surface area contributed by atoms with Crippen LogP contribution >= 0.6 is 0 Å². The number of aliphatic hydroxyl groups excluding tert-OH is 1. The SMILES string of the molecule is CCCn1cncc1COc1ccc2c(c1)CC[C@@H]2O. The Balaban J connectivity index is 1.68. The van der Waals surface area contributed by atoms with Crippen LogP contribution in [-0.4, -0.2) is 14.7 Å². The van der Waals surface area contributed by atoms with Crippen molar-refractivity contribution in [3.05, 3.63) is 47.5 Å². The van der Waals surface area contributed by atoms with Gasteiger partial charge < -0.3 is 14.4 Å². The first-order valence-corrected chi connectivity index (χ1v) is 7.20. The third-order valence-electron chi connectivity index (χ3n) is 3.81. The molecule has 106 valence electrons. The number of hydrogen-bond donors (Lipinski definition) is 1. The zero-order valence-corrected chi connectivity index (χ0v) is 11.7. The van der Waals surface area contributed by atoms with Gasteiger partial charge in [-0.1, -0.05) is 13.0 Å². The molecule has 0 fully saturated rings. The van der Waals surface area contributed by atoms with Crippen molar-refractivity contribution in [3.8, 4) is 5.75 Å². The second-order valence-corrected chi connectivity index (χ2v) is 5.28. The van der Waals surface area contributed by atoms with Crippen molar-refractivity contribution in [2.24, 2.45) is 0 Å². The van der Waals surface area contributed by atoms with Crippen molar-refractivity contribution >= 4 is 0 Å². The highest BCUT2D eigenvalue weighted by Gasteiger charge is 2.20. The van der Waals surface area contributed by atoms with Gasteiger partial charge in [-0.15, -0.1) is 0 Å². The van der Waals surface area contributed by atoms with Crippen molar-refractivity contribution in [3.63, 3.8) is 0 Å². The molecule has 0 spiro atoms. The number of fused-ring (bicyclic) bond motifs is 1. The van der Waals surface area contributed by atoms with E-state index in [9.17, 15) is 5.11 Å². The summed E-state index contributed by atoms with van der Waals surface area (Å²) in [6.45, 7) is 3.65. The molecule has 1 aromatic heterocycles. The molecule has 1 heterocycles. The van der Waals surface area contributed by atoms with E-state index in [1.807, 2.05) is 30.7 Å². The van der Waals surface area contributed by atoms with Crippen LogP contribution in [0.15, 0.2) is 30.7 Å². The Morgan fingerprint density at radius 1 is 1.45 bits per heavy atom. The molecule has 1 N–H and O–H groups in total. The minimum Gasteiger partial charge on any atom is -0.487 e. The second kappa shape index (κ2) is 5.67. The molecule has 2 aromatic rings. The number of hydrogen-bond acceptors (Lipinski definition) is 3. The van der Waals surface area contributed by atoms with E-state index in [2.05, 4.69) is 16.5 Å². The normalized spacial score (nSPS) is 17.2. The lowest BCUT2D eigenvalue weighted by Gasteiger charge is -2.10. The van der Waals surface area contributed by atoms with E-state index in [0.717, 1.165) is 42.8 Å². The molecular weight excluding hydrogens is 252 g/mol. The molecule has 0 unspecified atom stereocenters. The van der Waals surface area contributed by atoms with E-state index in [1.165, 1.54) is 5.56 Å². The van der Waals surface area contributed by atoms with Crippen LogP contribution in [0.1, 0.15) is 42.7 Å². The second-order valence-electron chi connectivity index (χ2n) is 5.28. The number of aliphatic hydroxyl groups is 1. The molecule has 3 rings (SSSR count). The lowest BCUT2D eigenvalue weighted by atomic mass is 10.1. The summed E-state index contributed by atoms with van der Waals surface area (Å²) in [5.74, 6) is 0.863. The van der Waals surface area contributed by atoms with E-state index in [0.29, 0.717) is 6.61 Å². The standard InChI is InChI=1S/C16H20N2O2/c1-2-7-18-11-17-9-13(18)10-20-14-4-5-15-12(8-14)3-6-16(15)19/h4-5,8-9,11,16,19H,2-3,6-7,10H2,1H3/t16-/m0/s1. The molecule has 0 saturated heterocycles. The van der Waals surface area contributed by atoms with E-state index in [-0.39, 0.29) is 6.10 Å². The number of aromatic nitrogens is 2. The molecule has 1 aromatic carbocycles. The van der Waals surface area contributed by atoms with Gasteiger partial charge in [0.1, 0.15) is 12.4 Å². The average Bonchev–Trinajstić information content (AvgIpc) is 3.04. The van der Waals surface area contributed by atoms with E-state index in [4.69, 9.17) is 4.74 Å². The first-order valence-electron chi connectivity index (χ1n) is 7.20. The molecule has 1 atom stereocenters. The maximum Gasteiger partial charge on any atom is 0.130 e. The summed E-state index contributed by atoms with van der Waals surface area (Å²) in [5, 5.41) is 9.80. The summed E-state index contributed by atoms with van der Waals surface area (Å²) in [6.07, 6.45) is 6.24. The molecule has 1 aliphatic rings. The summed E-state index contributed by atoms with van der Waals surface area (Å²) in [4.78, 5) is 4.17. The zero-order valence-electron chi connectivity index (χ0n) is 11.7. The maximum atomic E-state index is 9.80. The fourth-order valence-corrected chi connectivity index (χ4v) is 2.73. The number of benzene rings is 1. The van der Waals surface area contributed by atoms with E-state index >= 15 is 0 Å². The van der Waals surface area contributed by atoms with Crippen LogP contribution in [0.5, 0.6) is 5.75 Å². The Kier molecular flexibility index (Phi) is 3.74. The monoisotopic (exact) mass is 272 g/mol. The fourth-order valence-electron chi connectivity index (χ4n) is 2.73. The van der Waals surface area contributed by atoms with E-state index < -0.39 is 0 Å². The van der Waals surface area contributed by atoms with Crippen molar-refractivity contribution in [2.45, 2.75) is 45.4 Å². The average molecular weight is 272 g/mol. The van der Waals surface area contributed by atoms with Crippen molar-refractivity contribution in [2.75, 3.05) is 0 Å². The summed E-state index contributed by atoms with van der Waals surface area (Å²) in [5.41, 5.74) is 3.35. The molecule has 0 saturated carbocycles. The predicted octanol–water partition coefficient (Wildman–Crippen LogP) is 2.85. The molecule has 4 heteroatoms. The van der Waals surface area contributed by atoms with Crippen LogP contribution in [0, 0.1) is 0 Å². The van der Waals surface area contributed by atoms with Gasteiger partial charge in [-0.05, 0) is 42.5 Å². The van der Waals surface area contributed by atoms with Gasteiger partial charge in [-0.2, -0.15) is 0 Å².